The zero-order valence-electron chi connectivity index (χ0n) is 6.61. The average molecular weight is 204 g/mol. The van der Waals surface area contributed by atoms with E-state index in [0.717, 1.165) is 0 Å². The van der Waals surface area contributed by atoms with Gasteiger partial charge in [-0.3, -0.25) is 20.5 Å². The molecule has 1 unspecified atom stereocenters. The van der Waals surface area contributed by atoms with Gasteiger partial charge in [-0.25, -0.2) is 0 Å². The van der Waals surface area contributed by atoms with Crippen molar-refractivity contribution in [1.82, 2.24) is 5.32 Å². The number of rotatable bonds is 1. The van der Waals surface area contributed by atoms with Crippen LogP contribution in [0.1, 0.15) is 0 Å². The van der Waals surface area contributed by atoms with Crippen LogP contribution in [0.15, 0.2) is 9.98 Å². The van der Waals surface area contributed by atoms with Gasteiger partial charge < -0.3 is 5.32 Å². The summed E-state index contributed by atoms with van der Waals surface area (Å²) in [6.07, 6.45) is 0. The number of hydrogen-bond acceptors (Lipinski definition) is 4. The van der Waals surface area contributed by atoms with Gasteiger partial charge >= 0.3 is 6.04 Å². The van der Waals surface area contributed by atoms with Crippen molar-refractivity contribution in [3.63, 3.8) is 0 Å². The summed E-state index contributed by atoms with van der Waals surface area (Å²) >= 11 is 5.45. The van der Waals surface area contributed by atoms with Crippen LogP contribution in [-0.4, -0.2) is 35.0 Å². The van der Waals surface area contributed by atoms with Crippen LogP contribution in [0.25, 0.3) is 0 Å². The molecule has 1 aliphatic heterocycles. The molecule has 7 nitrogen and oxygen atoms in total. The fourth-order valence-corrected chi connectivity index (χ4v) is 1.06. The first-order valence-electron chi connectivity index (χ1n) is 3.26. The summed E-state index contributed by atoms with van der Waals surface area (Å²) in [6, 6.07) is -1.34. The maximum atomic E-state index is 10.5. The Morgan fingerprint density at radius 3 is 2.92 bits per heavy atom. The van der Waals surface area contributed by atoms with Gasteiger partial charge in [0.1, 0.15) is 0 Å². The SMILES string of the molecule is CN=C1NC(Cl)=NC(=N)C1[N+](=O)[O-]. The minimum Gasteiger partial charge on any atom is -0.313 e. The van der Waals surface area contributed by atoms with Gasteiger partial charge in [0.25, 0.3) is 0 Å². The lowest BCUT2D eigenvalue weighted by Gasteiger charge is -2.15. The highest BCUT2D eigenvalue weighted by atomic mass is 35.5. The Labute approximate surface area is 78.2 Å². The topological polar surface area (TPSA) is 104 Å². The number of nitrogens with zero attached hydrogens (tertiary/aromatic N) is 3. The Hall–Kier alpha value is -1.50. The number of halogens is 1. The molecule has 0 fully saturated rings. The van der Waals surface area contributed by atoms with Crippen LogP contribution in [0, 0.1) is 15.5 Å². The zero-order chi connectivity index (χ0) is 10.0. The second-order valence-corrected chi connectivity index (χ2v) is 2.57. The predicted octanol–water partition coefficient (Wildman–Crippen LogP) is -0.165. The quantitative estimate of drug-likeness (QED) is 0.351. The van der Waals surface area contributed by atoms with Gasteiger partial charge in [-0.05, 0) is 11.6 Å². The fraction of sp³-hybridized carbons (Fsp3) is 0.400. The van der Waals surface area contributed by atoms with Gasteiger partial charge in [0, 0.05) is 12.0 Å². The number of aliphatic imine (C=N–C) groups is 2. The highest BCUT2D eigenvalue weighted by molar-refractivity contribution is 6.67. The molecule has 0 aromatic rings. The Balaban J connectivity index is 3.07. The molecule has 2 N–H and O–H groups in total. The average Bonchev–Trinajstić information content (AvgIpc) is 2.01. The molecule has 0 amide bonds. The van der Waals surface area contributed by atoms with Crippen molar-refractivity contribution in [2.45, 2.75) is 6.04 Å². The second-order valence-electron chi connectivity index (χ2n) is 2.21. The maximum absolute atomic E-state index is 10.5. The Bertz CT molecular complexity index is 323. The summed E-state index contributed by atoms with van der Waals surface area (Å²) < 4.78 is 0. The minimum atomic E-state index is -1.34. The highest BCUT2D eigenvalue weighted by Crippen LogP contribution is 2.04. The highest BCUT2D eigenvalue weighted by Gasteiger charge is 2.36. The largest absolute Gasteiger partial charge is 0.327 e. The summed E-state index contributed by atoms with van der Waals surface area (Å²) in [5.74, 6) is -0.399. The van der Waals surface area contributed by atoms with E-state index in [1.165, 1.54) is 7.05 Å². The van der Waals surface area contributed by atoms with E-state index in [1.807, 2.05) is 0 Å². The molecule has 0 aromatic heterocycles. The van der Waals surface area contributed by atoms with Crippen LogP contribution in [0.2, 0.25) is 0 Å². The van der Waals surface area contributed by atoms with Crippen molar-refractivity contribution in [2.24, 2.45) is 9.98 Å². The third-order valence-corrected chi connectivity index (χ3v) is 1.60. The van der Waals surface area contributed by atoms with Gasteiger partial charge in [-0.1, -0.05) is 0 Å². The summed E-state index contributed by atoms with van der Waals surface area (Å²) in [5.41, 5.74) is 0. The van der Waals surface area contributed by atoms with E-state index < -0.39 is 16.8 Å². The first kappa shape index (κ1) is 9.59. The van der Waals surface area contributed by atoms with Crippen LogP contribution in [-0.2, 0) is 0 Å². The number of hydrogen-bond donors (Lipinski definition) is 2. The standard InChI is InChI=1S/C5H6ClN5O2/c1-8-4-2(11(12)13)3(7)9-5(6)10-4/h2H,1H3,(H2,7,8,9,10). The normalized spacial score (nSPS) is 25.4. The first-order valence-corrected chi connectivity index (χ1v) is 3.64. The van der Waals surface area contributed by atoms with E-state index in [2.05, 4.69) is 15.3 Å². The van der Waals surface area contributed by atoms with Crippen LogP contribution in [0.3, 0.4) is 0 Å². The van der Waals surface area contributed by atoms with E-state index in [-0.39, 0.29) is 11.1 Å². The lowest BCUT2D eigenvalue weighted by molar-refractivity contribution is -0.485. The third kappa shape index (κ3) is 1.81. The molecule has 8 heteroatoms. The molecule has 1 atom stereocenters. The predicted molar refractivity (Wildman–Crippen MR) is 48.3 cm³/mol. The molecule has 0 bridgehead atoms. The van der Waals surface area contributed by atoms with E-state index >= 15 is 0 Å². The molecule has 0 saturated carbocycles. The van der Waals surface area contributed by atoms with Crippen LogP contribution < -0.4 is 5.32 Å². The molecule has 0 radical (unpaired) electrons. The van der Waals surface area contributed by atoms with Crippen molar-refractivity contribution in [1.29, 1.82) is 5.41 Å². The fourth-order valence-electron chi connectivity index (χ4n) is 0.876. The van der Waals surface area contributed by atoms with E-state index in [4.69, 9.17) is 17.0 Å². The Morgan fingerprint density at radius 2 is 2.46 bits per heavy atom. The number of amidine groups is 3. The summed E-state index contributed by atoms with van der Waals surface area (Å²) in [7, 11) is 1.38. The molecule has 13 heavy (non-hydrogen) atoms. The van der Waals surface area contributed by atoms with Crippen molar-refractivity contribution >= 4 is 28.6 Å². The van der Waals surface area contributed by atoms with Crippen LogP contribution in [0.4, 0.5) is 0 Å². The maximum Gasteiger partial charge on any atom is 0.327 e. The second kappa shape index (κ2) is 3.48. The van der Waals surface area contributed by atoms with Gasteiger partial charge in [0.15, 0.2) is 5.84 Å². The van der Waals surface area contributed by atoms with Gasteiger partial charge in [0.05, 0.1) is 0 Å². The van der Waals surface area contributed by atoms with Crippen molar-refractivity contribution in [3.05, 3.63) is 10.1 Å². The van der Waals surface area contributed by atoms with Crippen LogP contribution in [0.5, 0.6) is 0 Å². The molecule has 1 aliphatic rings. The van der Waals surface area contributed by atoms with Gasteiger partial charge in [-0.15, -0.1) is 0 Å². The third-order valence-electron chi connectivity index (χ3n) is 1.42. The van der Waals surface area contributed by atoms with E-state index in [9.17, 15) is 10.1 Å². The molecule has 0 aromatic carbocycles. The minimum absolute atomic E-state index is 0.0231. The molecule has 70 valence electrons. The molecule has 1 heterocycles. The molecule has 0 aliphatic carbocycles. The molecular weight excluding hydrogens is 198 g/mol. The smallest absolute Gasteiger partial charge is 0.313 e. The lowest BCUT2D eigenvalue weighted by atomic mass is 10.2. The van der Waals surface area contributed by atoms with Crippen molar-refractivity contribution in [2.75, 3.05) is 7.05 Å². The molecule has 0 spiro atoms. The number of nitro groups is 1. The van der Waals surface area contributed by atoms with Crippen molar-refractivity contribution in [3.8, 4) is 0 Å². The van der Waals surface area contributed by atoms with Gasteiger partial charge in [0.2, 0.25) is 11.1 Å². The lowest BCUT2D eigenvalue weighted by Crippen LogP contribution is -2.49. The van der Waals surface area contributed by atoms with Crippen LogP contribution >= 0.6 is 11.6 Å². The summed E-state index contributed by atoms with van der Waals surface area (Å²) in [4.78, 5) is 16.8. The van der Waals surface area contributed by atoms with Crippen molar-refractivity contribution < 1.29 is 4.92 Å². The summed E-state index contributed by atoms with van der Waals surface area (Å²) in [5, 5.41) is 20.0. The number of nitrogens with one attached hydrogen (secondary N) is 2. The molecule has 0 saturated heterocycles. The van der Waals surface area contributed by atoms with E-state index in [1.54, 1.807) is 0 Å². The Morgan fingerprint density at radius 1 is 1.85 bits per heavy atom. The molecule has 1 rings (SSSR count). The monoisotopic (exact) mass is 203 g/mol. The summed E-state index contributed by atoms with van der Waals surface area (Å²) in [6.45, 7) is 0. The Kier molecular flexibility index (Phi) is 2.57. The van der Waals surface area contributed by atoms with E-state index in [0.29, 0.717) is 0 Å². The first-order chi connectivity index (χ1) is 6.06. The van der Waals surface area contributed by atoms with Gasteiger partial charge in [-0.2, -0.15) is 4.99 Å². The molecular formula is C5H6ClN5O2. The zero-order valence-corrected chi connectivity index (χ0v) is 7.37.